The molecule has 0 saturated carbocycles. The van der Waals surface area contributed by atoms with Crippen LogP contribution in [-0.4, -0.2) is 36.2 Å². The lowest BCUT2D eigenvalue weighted by Gasteiger charge is -2.50. The zero-order chi connectivity index (χ0) is 21.4. The summed E-state index contributed by atoms with van der Waals surface area (Å²) in [4.78, 5) is 2.47. The second kappa shape index (κ2) is 9.62. The van der Waals surface area contributed by atoms with Crippen molar-refractivity contribution in [1.29, 1.82) is 0 Å². The van der Waals surface area contributed by atoms with Crippen LogP contribution < -0.4 is 21.7 Å². The molecule has 5 heteroatoms. The molecule has 168 valence electrons. The van der Waals surface area contributed by atoms with Crippen molar-refractivity contribution in [1.82, 2.24) is 4.90 Å². The summed E-state index contributed by atoms with van der Waals surface area (Å²) >= 11 is 0. The van der Waals surface area contributed by atoms with Gasteiger partial charge in [-0.15, -0.1) is 6.58 Å². The van der Waals surface area contributed by atoms with Crippen molar-refractivity contribution in [2.24, 2.45) is 11.8 Å². The highest BCUT2D eigenvalue weighted by Crippen LogP contribution is 2.42. The van der Waals surface area contributed by atoms with Gasteiger partial charge < -0.3 is 22.3 Å². The van der Waals surface area contributed by atoms with E-state index in [-0.39, 0.29) is 18.4 Å². The second-order valence-electron chi connectivity index (χ2n) is 8.96. The highest BCUT2D eigenvalue weighted by atomic mass is 35.5. The molecule has 0 spiro atoms. The molecule has 3 fully saturated rings. The highest BCUT2D eigenvalue weighted by molar-refractivity contribution is 5.81. The maximum atomic E-state index is 11.6. The van der Waals surface area contributed by atoms with Crippen LogP contribution in [0.25, 0.3) is 10.9 Å². The van der Waals surface area contributed by atoms with Gasteiger partial charge in [-0.05, 0) is 43.4 Å². The predicted octanol–water partition coefficient (Wildman–Crippen LogP) is 1.12. The number of aliphatic hydroxyl groups is 1. The van der Waals surface area contributed by atoms with Gasteiger partial charge in [-0.2, -0.15) is 4.57 Å². The van der Waals surface area contributed by atoms with Gasteiger partial charge in [0.05, 0.1) is 18.6 Å². The number of aromatic nitrogens is 1. The van der Waals surface area contributed by atoms with Crippen LogP contribution in [0.3, 0.4) is 0 Å². The first-order valence-electron chi connectivity index (χ1n) is 11.3. The fraction of sp³-hybridized carbons (Fsp3) is 0.370. The van der Waals surface area contributed by atoms with Crippen molar-refractivity contribution < 1.29 is 26.8 Å². The summed E-state index contributed by atoms with van der Waals surface area (Å²) in [5.41, 5.74) is 3.36. The van der Waals surface area contributed by atoms with Crippen LogP contribution in [0.5, 0.6) is 5.75 Å². The van der Waals surface area contributed by atoms with E-state index in [1.807, 2.05) is 12.1 Å². The molecule has 0 amide bonds. The number of aliphatic hydroxyl groups excluding tert-OH is 1. The first-order chi connectivity index (χ1) is 15.2. The summed E-state index contributed by atoms with van der Waals surface area (Å²) in [6.45, 7) is 6.90. The number of benzene rings is 2. The lowest BCUT2D eigenvalue weighted by molar-refractivity contribution is -0.662. The zero-order valence-corrected chi connectivity index (χ0v) is 19.3. The summed E-state index contributed by atoms with van der Waals surface area (Å²) in [6.07, 6.45) is 5.94. The van der Waals surface area contributed by atoms with Crippen LogP contribution in [0.4, 0.5) is 0 Å². The van der Waals surface area contributed by atoms with Crippen molar-refractivity contribution in [2.75, 3.05) is 20.2 Å². The normalized spacial score (nSPS) is 25.2. The molecule has 3 aliphatic heterocycles. The van der Waals surface area contributed by atoms with Crippen LogP contribution in [0, 0.1) is 11.8 Å². The van der Waals surface area contributed by atoms with Gasteiger partial charge in [0.15, 0.2) is 12.7 Å². The highest BCUT2D eigenvalue weighted by Gasteiger charge is 2.42. The minimum absolute atomic E-state index is 0. The smallest absolute Gasteiger partial charge is 0.213 e. The molecule has 32 heavy (non-hydrogen) atoms. The number of ether oxygens (including phenoxy) is 1. The van der Waals surface area contributed by atoms with Gasteiger partial charge in [0.25, 0.3) is 0 Å². The first kappa shape index (κ1) is 22.8. The molecule has 5 unspecified atom stereocenters. The van der Waals surface area contributed by atoms with Crippen LogP contribution in [0.15, 0.2) is 73.4 Å². The Bertz CT molecular complexity index is 1090. The van der Waals surface area contributed by atoms with Crippen molar-refractivity contribution in [3.05, 3.63) is 84.6 Å². The molecule has 2 aromatic carbocycles. The van der Waals surface area contributed by atoms with E-state index in [0.29, 0.717) is 11.8 Å². The first-order valence-corrected chi connectivity index (χ1v) is 11.3. The maximum Gasteiger partial charge on any atom is 0.213 e. The average Bonchev–Trinajstić information content (AvgIpc) is 2.84. The molecular weight excluding hydrogens is 420 g/mol. The molecule has 4 heterocycles. The van der Waals surface area contributed by atoms with Gasteiger partial charge in [-0.3, -0.25) is 4.90 Å². The molecule has 3 saturated heterocycles. The number of hydrogen-bond acceptors (Lipinski definition) is 3. The average molecular weight is 451 g/mol. The van der Waals surface area contributed by atoms with E-state index in [2.05, 4.69) is 70.8 Å². The van der Waals surface area contributed by atoms with Gasteiger partial charge in [-0.25, -0.2) is 0 Å². The number of fused-ring (bicyclic) bond motifs is 4. The molecule has 1 N–H and O–H groups in total. The van der Waals surface area contributed by atoms with E-state index < -0.39 is 6.10 Å². The fourth-order valence-corrected chi connectivity index (χ4v) is 5.55. The maximum absolute atomic E-state index is 11.6. The Balaban J connectivity index is 0.00000245. The molecule has 3 aliphatic rings. The van der Waals surface area contributed by atoms with Gasteiger partial charge in [-0.1, -0.05) is 36.4 Å². The third kappa shape index (κ3) is 4.15. The topological polar surface area (TPSA) is 36.6 Å². The fourth-order valence-electron chi connectivity index (χ4n) is 5.55. The van der Waals surface area contributed by atoms with Crippen molar-refractivity contribution in [3.63, 3.8) is 0 Å². The van der Waals surface area contributed by atoms with Crippen LogP contribution >= 0.6 is 0 Å². The molecule has 1 aromatic heterocycles. The van der Waals surface area contributed by atoms with E-state index in [1.54, 1.807) is 7.11 Å². The van der Waals surface area contributed by atoms with E-state index in [9.17, 15) is 5.11 Å². The molecule has 0 radical (unpaired) electrons. The molecular formula is C27H31ClN2O2. The molecule has 3 aromatic rings. The number of hydrogen-bond donors (Lipinski definition) is 1. The standard InChI is InChI=1S/C27H31N2O2.ClH/c1-3-20-18-29-13-11-21(20)15-26(29)27(30)23-12-14-28(17-19-7-5-4-6-8-19)25-10-9-22(31-2)16-24(23)25;/h3-10,12,14,16,20-21,26-27,30H,1,11,13,15,17-18H2,2H3;1H/q+1;/p-1. The van der Waals surface area contributed by atoms with Crippen molar-refractivity contribution in [2.45, 2.75) is 31.5 Å². The Morgan fingerprint density at radius 3 is 2.72 bits per heavy atom. The summed E-state index contributed by atoms with van der Waals surface area (Å²) in [7, 11) is 1.69. The zero-order valence-electron chi connectivity index (χ0n) is 18.5. The molecule has 2 bridgehead atoms. The summed E-state index contributed by atoms with van der Waals surface area (Å²) in [5, 5.41) is 12.6. The van der Waals surface area contributed by atoms with E-state index in [1.165, 1.54) is 12.0 Å². The number of pyridine rings is 1. The van der Waals surface area contributed by atoms with Gasteiger partial charge in [0.2, 0.25) is 5.52 Å². The van der Waals surface area contributed by atoms with Gasteiger partial charge in [0.1, 0.15) is 5.75 Å². The molecule has 6 rings (SSSR count). The Hall–Kier alpha value is -2.40. The summed E-state index contributed by atoms with van der Waals surface area (Å²) in [5.74, 6) is 2.00. The quantitative estimate of drug-likeness (QED) is 0.451. The van der Waals surface area contributed by atoms with E-state index >= 15 is 0 Å². The predicted molar refractivity (Wildman–Crippen MR) is 123 cm³/mol. The molecule has 0 aliphatic carbocycles. The van der Waals surface area contributed by atoms with E-state index in [0.717, 1.165) is 48.3 Å². The number of nitrogens with zero attached hydrogens (tertiary/aromatic N) is 2. The van der Waals surface area contributed by atoms with E-state index in [4.69, 9.17) is 4.74 Å². The summed E-state index contributed by atoms with van der Waals surface area (Å²) < 4.78 is 7.78. The number of piperidine rings is 3. The Kier molecular flexibility index (Phi) is 6.85. The number of rotatable bonds is 6. The number of methoxy groups -OCH3 is 1. The third-order valence-electron chi connectivity index (χ3n) is 7.29. The Morgan fingerprint density at radius 2 is 2.03 bits per heavy atom. The number of halogens is 1. The third-order valence-corrected chi connectivity index (χ3v) is 7.29. The van der Waals surface area contributed by atoms with Crippen molar-refractivity contribution >= 4 is 10.9 Å². The lowest BCUT2D eigenvalue weighted by Crippen LogP contribution is -3.00. The van der Waals surface area contributed by atoms with Crippen molar-refractivity contribution in [3.8, 4) is 5.75 Å². The lowest BCUT2D eigenvalue weighted by atomic mass is 9.73. The Labute approximate surface area is 196 Å². The van der Waals surface area contributed by atoms with Crippen LogP contribution in [-0.2, 0) is 6.54 Å². The Morgan fingerprint density at radius 1 is 1.22 bits per heavy atom. The minimum atomic E-state index is -0.519. The SMILES string of the molecule is C=CC1CN2CCC1CC2C(O)c1cc[n+](Cc2ccccc2)c2ccc(OC)cc12.[Cl-]. The van der Waals surface area contributed by atoms with Crippen LogP contribution in [0.1, 0.15) is 30.1 Å². The second-order valence-corrected chi connectivity index (χ2v) is 8.96. The molecule has 4 nitrogen and oxygen atoms in total. The molecule has 5 atom stereocenters. The largest absolute Gasteiger partial charge is 1.00 e. The van der Waals surface area contributed by atoms with Gasteiger partial charge >= 0.3 is 0 Å². The summed E-state index contributed by atoms with van der Waals surface area (Å²) in [6, 6.07) is 18.9. The van der Waals surface area contributed by atoms with Crippen LogP contribution in [0.2, 0.25) is 0 Å². The minimum Gasteiger partial charge on any atom is -1.00 e. The van der Waals surface area contributed by atoms with Gasteiger partial charge in [0, 0.05) is 35.8 Å². The monoisotopic (exact) mass is 450 g/mol.